The number of sulfone groups is 1. The summed E-state index contributed by atoms with van der Waals surface area (Å²) in [5.74, 6) is 0. The first kappa shape index (κ1) is 12.8. The van der Waals surface area contributed by atoms with Gasteiger partial charge in [0.15, 0.2) is 9.84 Å². The summed E-state index contributed by atoms with van der Waals surface area (Å²) in [6.07, 6.45) is 1.25. The number of hydrogen-bond donors (Lipinski definition) is 2. The molecule has 4 nitrogen and oxygen atoms in total. The molecule has 0 spiro atoms. The summed E-state index contributed by atoms with van der Waals surface area (Å²) >= 11 is 0. The smallest absolute Gasteiger partial charge is 0.154 e. The Hall–Kier alpha value is -1.23. The molecule has 1 rings (SSSR count). The van der Waals surface area contributed by atoms with Crippen molar-refractivity contribution >= 4 is 21.2 Å². The molecule has 16 heavy (non-hydrogen) atoms. The number of benzene rings is 1. The van der Waals surface area contributed by atoms with Crippen LogP contribution in [-0.2, 0) is 9.84 Å². The molecular weight excluding hydrogens is 224 g/mol. The second kappa shape index (κ2) is 4.33. The van der Waals surface area contributed by atoms with Gasteiger partial charge in [0.25, 0.3) is 0 Å². The highest BCUT2D eigenvalue weighted by molar-refractivity contribution is 7.92. The standard InChI is InChI=1S/C11H18N2O2S/c1-11(2,16(3,14)15)8-13-10-6-4-9(12)5-7-10/h4-7,13H,8,12H2,1-3H3. The molecule has 0 aliphatic heterocycles. The minimum atomic E-state index is -3.07. The van der Waals surface area contributed by atoms with E-state index < -0.39 is 14.6 Å². The van der Waals surface area contributed by atoms with Gasteiger partial charge in [0, 0.05) is 24.2 Å². The summed E-state index contributed by atoms with van der Waals surface area (Å²) in [5.41, 5.74) is 7.11. The molecule has 0 radical (unpaired) electrons. The van der Waals surface area contributed by atoms with E-state index >= 15 is 0 Å². The van der Waals surface area contributed by atoms with Gasteiger partial charge in [-0.25, -0.2) is 8.42 Å². The SMILES string of the molecule is CC(C)(CNc1ccc(N)cc1)S(C)(=O)=O. The van der Waals surface area contributed by atoms with Crippen molar-refractivity contribution < 1.29 is 8.42 Å². The van der Waals surface area contributed by atoms with Gasteiger partial charge in [-0.05, 0) is 38.1 Å². The van der Waals surface area contributed by atoms with E-state index in [2.05, 4.69) is 5.32 Å². The monoisotopic (exact) mass is 242 g/mol. The maximum atomic E-state index is 11.5. The first-order valence-electron chi connectivity index (χ1n) is 5.01. The average Bonchev–Trinajstić information content (AvgIpc) is 2.15. The Morgan fingerprint density at radius 3 is 2.19 bits per heavy atom. The highest BCUT2D eigenvalue weighted by atomic mass is 32.2. The van der Waals surface area contributed by atoms with Crippen molar-refractivity contribution in [1.82, 2.24) is 0 Å². The lowest BCUT2D eigenvalue weighted by atomic mass is 10.2. The van der Waals surface area contributed by atoms with Crippen molar-refractivity contribution in [3.05, 3.63) is 24.3 Å². The fourth-order valence-corrected chi connectivity index (χ4v) is 1.38. The maximum absolute atomic E-state index is 11.5. The predicted octanol–water partition coefficient (Wildman–Crippen LogP) is 1.50. The highest BCUT2D eigenvalue weighted by Crippen LogP contribution is 2.17. The Labute approximate surface area is 96.8 Å². The van der Waals surface area contributed by atoms with Gasteiger partial charge in [-0.3, -0.25) is 0 Å². The lowest BCUT2D eigenvalue weighted by Crippen LogP contribution is -2.38. The molecule has 0 heterocycles. The van der Waals surface area contributed by atoms with Crippen LogP contribution >= 0.6 is 0 Å². The van der Waals surface area contributed by atoms with E-state index in [1.165, 1.54) is 6.26 Å². The van der Waals surface area contributed by atoms with Crippen LogP contribution in [0.25, 0.3) is 0 Å². The zero-order valence-electron chi connectivity index (χ0n) is 9.82. The Morgan fingerprint density at radius 1 is 1.25 bits per heavy atom. The third-order valence-corrected chi connectivity index (χ3v) is 4.78. The van der Waals surface area contributed by atoms with Crippen molar-refractivity contribution in [2.75, 3.05) is 23.9 Å². The number of hydrogen-bond acceptors (Lipinski definition) is 4. The number of nitrogen functional groups attached to an aromatic ring is 1. The van der Waals surface area contributed by atoms with Crippen molar-refractivity contribution in [2.24, 2.45) is 0 Å². The lowest BCUT2D eigenvalue weighted by Gasteiger charge is -2.23. The van der Waals surface area contributed by atoms with Gasteiger partial charge in [0.05, 0.1) is 4.75 Å². The van der Waals surface area contributed by atoms with Gasteiger partial charge in [0.1, 0.15) is 0 Å². The molecule has 0 saturated heterocycles. The van der Waals surface area contributed by atoms with Gasteiger partial charge in [-0.1, -0.05) is 0 Å². The van der Waals surface area contributed by atoms with Gasteiger partial charge < -0.3 is 11.1 Å². The van der Waals surface area contributed by atoms with Gasteiger partial charge >= 0.3 is 0 Å². The average molecular weight is 242 g/mol. The summed E-state index contributed by atoms with van der Waals surface area (Å²) in [6, 6.07) is 7.20. The molecule has 5 heteroatoms. The van der Waals surface area contributed by atoms with E-state index in [1.54, 1.807) is 26.0 Å². The number of rotatable bonds is 4. The molecule has 0 amide bonds. The molecule has 0 bridgehead atoms. The Bertz CT molecular complexity index is 449. The molecule has 0 saturated carbocycles. The predicted molar refractivity (Wildman–Crippen MR) is 68.3 cm³/mol. The molecule has 0 atom stereocenters. The first-order chi connectivity index (χ1) is 7.22. The van der Waals surface area contributed by atoms with Crippen molar-refractivity contribution in [3.8, 4) is 0 Å². The minimum Gasteiger partial charge on any atom is -0.399 e. The Morgan fingerprint density at radius 2 is 1.75 bits per heavy atom. The summed E-state index contributed by atoms with van der Waals surface area (Å²) in [6.45, 7) is 3.77. The summed E-state index contributed by atoms with van der Waals surface area (Å²) < 4.78 is 22.2. The zero-order valence-corrected chi connectivity index (χ0v) is 10.6. The van der Waals surface area contributed by atoms with Gasteiger partial charge in [-0.2, -0.15) is 0 Å². The number of nitrogens with one attached hydrogen (secondary N) is 1. The molecule has 90 valence electrons. The van der Waals surface area contributed by atoms with E-state index in [9.17, 15) is 8.42 Å². The fourth-order valence-electron chi connectivity index (χ4n) is 1.05. The molecule has 0 aliphatic carbocycles. The van der Waals surface area contributed by atoms with Crippen LogP contribution < -0.4 is 11.1 Å². The van der Waals surface area contributed by atoms with E-state index in [1.807, 2.05) is 12.1 Å². The second-order valence-corrected chi connectivity index (χ2v) is 7.16. The van der Waals surface area contributed by atoms with Gasteiger partial charge in [-0.15, -0.1) is 0 Å². The highest BCUT2D eigenvalue weighted by Gasteiger charge is 2.29. The van der Waals surface area contributed by atoms with Crippen LogP contribution in [0, 0.1) is 0 Å². The maximum Gasteiger partial charge on any atom is 0.154 e. The Kier molecular flexibility index (Phi) is 3.48. The van der Waals surface area contributed by atoms with E-state index in [0.29, 0.717) is 12.2 Å². The molecular formula is C11H18N2O2S. The van der Waals surface area contributed by atoms with Crippen molar-refractivity contribution in [1.29, 1.82) is 0 Å². The quantitative estimate of drug-likeness (QED) is 0.785. The lowest BCUT2D eigenvalue weighted by molar-refractivity contribution is 0.560. The molecule has 3 N–H and O–H groups in total. The molecule has 0 fully saturated rings. The van der Waals surface area contributed by atoms with Crippen LogP contribution in [0.2, 0.25) is 0 Å². The molecule has 1 aromatic rings. The topological polar surface area (TPSA) is 72.2 Å². The van der Waals surface area contributed by atoms with Gasteiger partial charge in [0.2, 0.25) is 0 Å². The van der Waals surface area contributed by atoms with Crippen LogP contribution in [0.5, 0.6) is 0 Å². The summed E-state index contributed by atoms with van der Waals surface area (Å²) in [7, 11) is -3.07. The number of nitrogens with two attached hydrogens (primary N) is 1. The normalized spacial score (nSPS) is 12.4. The number of anilines is 2. The van der Waals surface area contributed by atoms with Crippen LogP contribution in [0.4, 0.5) is 11.4 Å². The molecule has 0 unspecified atom stereocenters. The molecule has 0 aromatic heterocycles. The fraction of sp³-hybridized carbons (Fsp3) is 0.455. The van der Waals surface area contributed by atoms with E-state index in [-0.39, 0.29) is 0 Å². The van der Waals surface area contributed by atoms with Crippen molar-refractivity contribution in [2.45, 2.75) is 18.6 Å². The van der Waals surface area contributed by atoms with E-state index in [0.717, 1.165) is 5.69 Å². The van der Waals surface area contributed by atoms with Crippen molar-refractivity contribution in [3.63, 3.8) is 0 Å². The van der Waals surface area contributed by atoms with Crippen LogP contribution in [0.1, 0.15) is 13.8 Å². The third-order valence-electron chi connectivity index (χ3n) is 2.63. The summed E-state index contributed by atoms with van der Waals surface area (Å²) in [5, 5.41) is 3.08. The summed E-state index contributed by atoms with van der Waals surface area (Å²) in [4.78, 5) is 0. The van der Waals surface area contributed by atoms with Crippen LogP contribution in [0.15, 0.2) is 24.3 Å². The first-order valence-corrected chi connectivity index (χ1v) is 6.90. The van der Waals surface area contributed by atoms with Crippen LogP contribution in [-0.4, -0.2) is 26.0 Å². The molecule has 0 aliphatic rings. The minimum absolute atomic E-state index is 0.371. The zero-order chi connectivity index (χ0) is 12.4. The Balaban J connectivity index is 2.68. The third kappa shape index (κ3) is 3.13. The van der Waals surface area contributed by atoms with Crippen LogP contribution in [0.3, 0.4) is 0 Å². The van der Waals surface area contributed by atoms with E-state index in [4.69, 9.17) is 5.73 Å². The second-order valence-electron chi connectivity index (χ2n) is 4.51. The molecule has 1 aromatic carbocycles. The largest absolute Gasteiger partial charge is 0.399 e.